The number of hydrogen-bond donors (Lipinski definition) is 1. The minimum absolute atomic E-state index is 0.449. The summed E-state index contributed by atoms with van der Waals surface area (Å²) in [4.78, 5) is 0. The van der Waals surface area contributed by atoms with Crippen LogP contribution in [0.1, 0.15) is 31.2 Å². The zero-order valence-corrected chi connectivity index (χ0v) is 10.7. The topological polar surface area (TPSA) is 66.0 Å². The second kappa shape index (κ2) is 5.60. The van der Waals surface area contributed by atoms with Gasteiger partial charge in [0.1, 0.15) is 0 Å². The number of aromatic nitrogens is 3. The molecule has 1 aliphatic rings. The molecule has 5 nitrogen and oxygen atoms in total. The maximum absolute atomic E-state index is 5.71. The molecule has 1 heterocycles. The molecule has 0 aromatic carbocycles. The molecule has 2 N–H and O–H groups in total. The SMILES string of the molecule is COCC(C)Cn1nnc(CN)c1CC1CC1. The normalized spacial score (nSPS) is 17.4. The van der Waals surface area contributed by atoms with E-state index in [1.165, 1.54) is 18.5 Å². The fourth-order valence-electron chi connectivity index (χ4n) is 2.13. The average molecular weight is 238 g/mol. The third-order valence-corrected chi connectivity index (χ3v) is 3.23. The van der Waals surface area contributed by atoms with Crippen molar-refractivity contribution in [2.24, 2.45) is 17.6 Å². The van der Waals surface area contributed by atoms with Crippen LogP contribution < -0.4 is 5.73 Å². The molecule has 1 saturated carbocycles. The van der Waals surface area contributed by atoms with Gasteiger partial charge in [-0.2, -0.15) is 0 Å². The smallest absolute Gasteiger partial charge is 0.0994 e. The van der Waals surface area contributed by atoms with Crippen molar-refractivity contribution in [2.45, 2.75) is 39.3 Å². The van der Waals surface area contributed by atoms with E-state index in [0.717, 1.165) is 31.2 Å². The van der Waals surface area contributed by atoms with Crippen molar-refractivity contribution in [3.63, 3.8) is 0 Å². The molecule has 1 fully saturated rings. The van der Waals surface area contributed by atoms with E-state index in [0.29, 0.717) is 12.5 Å². The van der Waals surface area contributed by atoms with Gasteiger partial charge in [-0.15, -0.1) is 5.10 Å². The summed E-state index contributed by atoms with van der Waals surface area (Å²) in [6.45, 7) is 4.26. The van der Waals surface area contributed by atoms with Crippen molar-refractivity contribution in [3.05, 3.63) is 11.4 Å². The summed E-state index contributed by atoms with van der Waals surface area (Å²) >= 11 is 0. The van der Waals surface area contributed by atoms with E-state index in [1.807, 2.05) is 4.68 Å². The monoisotopic (exact) mass is 238 g/mol. The Hall–Kier alpha value is -0.940. The van der Waals surface area contributed by atoms with Crippen LogP contribution in [-0.4, -0.2) is 28.7 Å². The molecule has 0 radical (unpaired) electrons. The minimum Gasteiger partial charge on any atom is -0.384 e. The van der Waals surface area contributed by atoms with Crippen molar-refractivity contribution in [1.29, 1.82) is 0 Å². The van der Waals surface area contributed by atoms with Crippen LogP contribution in [0.4, 0.5) is 0 Å². The molecule has 1 atom stereocenters. The van der Waals surface area contributed by atoms with Crippen molar-refractivity contribution >= 4 is 0 Å². The summed E-state index contributed by atoms with van der Waals surface area (Å²) in [5.74, 6) is 1.28. The quantitative estimate of drug-likeness (QED) is 0.768. The number of hydrogen-bond acceptors (Lipinski definition) is 4. The van der Waals surface area contributed by atoms with Gasteiger partial charge in [-0.1, -0.05) is 12.1 Å². The second-order valence-corrected chi connectivity index (χ2v) is 5.08. The highest BCUT2D eigenvalue weighted by Gasteiger charge is 2.25. The molecule has 1 unspecified atom stereocenters. The molecule has 0 saturated heterocycles. The van der Waals surface area contributed by atoms with Crippen LogP contribution in [0.2, 0.25) is 0 Å². The van der Waals surface area contributed by atoms with E-state index in [9.17, 15) is 0 Å². The molecule has 96 valence electrons. The van der Waals surface area contributed by atoms with Crippen LogP contribution in [0, 0.1) is 11.8 Å². The van der Waals surface area contributed by atoms with Crippen LogP contribution in [-0.2, 0) is 24.2 Å². The molecule has 1 aliphatic carbocycles. The first-order valence-corrected chi connectivity index (χ1v) is 6.34. The molecule has 0 amide bonds. The molecule has 1 aromatic heterocycles. The summed E-state index contributed by atoms with van der Waals surface area (Å²) in [5, 5.41) is 8.40. The highest BCUT2D eigenvalue weighted by atomic mass is 16.5. The van der Waals surface area contributed by atoms with Crippen LogP contribution in [0.15, 0.2) is 0 Å². The fourth-order valence-corrected chi connectivity index (χ4v) is 2.13. The van der Waals surface area contributed by atoms with Gasteiger partial charge >= 0.3 is 0 Å². The Morgan fingerprint density at radius 3 is 2.88 bits per heavy atom. The van der Waals surface area contributed by atoms with Gasteiger partial charge in [-0.05, 0) is 31.1 Å². The predicted molar refractivity (Wildman–Crippen MR) is 65.4 cm³/mol. The molecule has 0 aliphatic heterocycles. The van der Waals surface area contributed by atoms with E-state index >= 15 is 0 Å². The summed E-state index contributed by atoms with van der Waals surface area (Å²) in [6, 6.07) is 0. The van der Waals surface area contributed by atoms with Gasteiger partial charge in [0.15, 0.2) is 0 Å². The fraction of sp³-hybridized carbons (Fsp3) is 0.833. The number of rotatable bonds is 7. The third kappa shape index (κ3) is 3.26. The van der Waals surface area contributed by atoms with Crippen molar-refractivity contribution < 1.29 is 4.74 Å². The zero-order valence-electron chi connectivity index (χ0n) is 10.7. The van der Waals surface area contributed by atoms with E-state index < -0.39 is 0 Å². The second-order valence-electron chi connectivity index (χ2n) is 5.08. The lowest BCUT2D eigenvalue weighted by molar-refractivity contribution is 0.148. The Balaban J connectivity index is 2.06. The Bertz CT molecular complexity index is 359. The molecule has 0 bridgehead atoms. The molecule has 5 heteroatoms. The zero-order chi connectivity index (χ0) is 12.3. The van der Waals surface area contributed by atoms with Gasteiger partial charge in [-0.3, -0.25) is 0 Å². The van der Waals surface area contributed by atoms with Crippen molar-refractivity contribution in [2.75, 3.05) is 13.7 Å². The van der Waals surface area contributed by atoms with Gasteiger partial charge in [0.05, 0.1) is 18.0 Å². The van der Waals surface area contributed by atoms with Crippen LogP contribution in [0.25, 0.3) is 0 Å². The molecule has 2 rings (SSSR count). The van der Waals surface area contributed by atoms with Crippen LogP contribution >= 0.6 is 0 Å². The molecular formula is C12H22N4O. The Labute approximate surface area is 102 Å². The van der Waals surface area contributed by atoms with Crippen molar-refractivity contribution in [3.8, 4) is 0 Å². The van der Waals surface area contributed by atoms with Gasteiger partial charge in [0.2, 0.25) is 0 Å². The standard InChI is InChI=1S/C12H22N4O/c1-9(8-17-2)7-16-12(5-10-3-4-10)11(6-13)14-15-16/h9-10H,3-8,13H2,1-2H3. The van der Waals surface area contributed by atoms with Crippen molar-refractivity contribution in [1.82, 2.24) is 15.0 Å². The number of methoxy groups -OCH3 is 1. The Morgan fingerprint density at radius 2 is 2.29 bits per heavy atom. The average Bonchev–Trinajstić information content (AvgIpc) is 3.03. The first kappa shape index (κ1) is 12.5. The highest BCUT2D eigenvalue weighted by Crippen LogP contribution is 2.33. The largest absolute Gasteiger partial charge is 0.384 e. The van der Waals surface area contributed by atoms with Crippen LogP contribution in [0.3, 0.4) is 0 Å². The Kier molecular flexibility index (Phi) is 4.12. The number of nitrogens with zero attached hydrogens (tertiary/aromatic N) is 3. The van der Waals surface area contributed by atoms with E-state index in [4.69, 9.17) is 10.5 Å². The molecular weight excluding hydrogens is 216 g/mol. The number of nitrogens with two attached hydrogens (primary N) is 1. The lowest BCUT2D eigenvalue weighted by Crippen LogP contribution is -2.16. The van der Waals surface area contributed by atoms with E-state index in [-0.39, 0.29) is 0 Å². The minimum atomic E-state index is 0.449. The molecule has 0 spiro atoms. The lowest BCUT2D eigenvalue weighted by Gasteiger charge is -2.12. The molecule has 17 heavy (non-hydrogen) atoms. The first-order valence-electron chi connectivity index (χ1n) is 6.34. The summed E-state index contributed by atoms with van der Waals surface area (Å²) in [7, 11) is 1.73. The van der Waals surface area contributed by atoms with Gasteiger partial charge in [0.25, 0.3) is 0 Å². The highest BCUT2D eigenvalue weighted by molar-refractivity contribution is 5.12. The third-order valence-electron chi connectivity index (χ3n) is 3.23. The Morgan fingerprint density at radius 1 is 1.53 bits per heavy atom. The predicted octanol–water partition coefficient (Wildman–Crippen LogP) is 0.972. The number of ether oxygens (including phenoxy) is 1. The maximum Gasteiger partial charge on any atom is 0.0994 e. The first-order chi connectivity index (χ1) is 8.24. The lowest BCUT2D eigenvalue weighted by atomic mass is 10.1. The van der Waals surface area contributed by atoms with E-state index in [1.54, 1.807) is 7.11 Å². The van der Waals surface area contributed by atoms with Crippen LogP contribution in [0.5, 0.6) is 0 Å². The van der Waals surface area contributed by atoms with Gasteiger partial charge in [-0.25, -0.2) is 4.68 Å². The maximum atomic E-state index is 5.71. The summed E-state index contributed by atoms with van der Waals surface area (Å²) in [5.41, 5.74) is 7.90. The van der Waals surface area contributed by atoms with Gasteiger partial charge < -0.3 is 10.5 Å². The molecule has 1 aromatic rings. The summed E-state index contributed by atoms with van der Waals surface area (Å²) in [6.07, 6.45) is 3.75. The summed E-state index contributed by atoms with van der Waals surface area (Å²) < 4.78 is 7.17. The van der Waals surface area contributed by atoms with Gasteiger partial charge in [0, 0.05) is 20.2 Å². The van der Waals surface area contributed by atoms with E-state index in [2.05, 4.69) is 17.2 Å².